The van der Waals surface area contributed by atoms with Gasteiger partial charge in [0, 0.05) is 24.5 Å². The summed E-state index contributed by atoms with van der Waals surface area (Å²) < 4.78 is 5.76. The van der Waals surface area contributed by atoms with Gasteiger partial charge in [0.05, 0.1) is 29.2 Å². The minimum atomic E-state index is -0.451. The van der Waals surface area contributed by atoms with Crippen molar-refractivity contribution in [3.63, 3.8) is 0 Å². The van der Waals surface area contributed by atoms with Crippen LogP contribution in [0.15, 0.2) is 67.8 Å². The van der Waals surface area contributed by atoms with E-state index < -0.39 is 6.03 Å². The molecule has 4 amide bonds. The molecule has 196 valence electrons. The second kappa shape index (κ2) is 10.1. The van der Waals surface area contributed by atoms with Crippen molar-refractivity contribution in [2.75, 3.05) is 10.2 Å². The number of nitrogens with zero attached hydrogens (tertiary/aromatic N) is 4. The van der Waals surface area contributed by atoms with E-state index in [0.29, 0.717) is 43.8 Å². The number of thiophene rings is 1. The van der Waals surface area contributed by atoms with Gasteiger partial charge in [0.1, 0.15) is 27.0 Å². The second-order valence-electron chi connectivity index (χ2n) is 9.05. The van der Waals surface area contributed by atoms with Gasteiger partial charge < -0.3 is 20.7 Å². The molecule has 1 aliphatic carbocycles. The van der Waals surface area contributed by atoms with Crippen LogP contribution < -0.4 is 25.6 Å². The third-order valence-corrected chi connectivity index (χ3v) is 7.71. The molecule has 0 saturated heterocycles. The highest BCUT2D eigenvalue weighted by Crippen LogP contribution is 2.45. The van der Waals surface area contributed by atoms with Gasteiger partial charge >= 0.3 is 6.03 Å². The second-order valence-corrected chi connectivity index (χ2v) is 10.1. The number of carbonyl (C=O) groups excluding carboxylic acids is 3. The van der Waals surface area contributed by atoms with Gasteiger partial charge in [0.15, 0.2) is 0 Å². The Morgan fingerprint density at radius 2 is 1.90 bits per heavy atom. The van der Waals surface area contributed by atoms with E-state index in [1.54, 1.807) is 48.9 Å². The fourth-order valence-electron chi connectivity index (χ4n) is 4.86. The molecule has 12 heteroatoms. The van der Waals surface area contributed by atoms with Crippen molar-refractivity contribution < 1.29 is 19.1 Å². The molecule has 2 aliphatic rings. The summed E-state index contributed by atoms with van der Waals surface area (Å²) in [5.74, 6) is 0.846. The van der Waals surface area contributed by atoms with Crippen molar-refractivity contribution in [3.8, 4) is 11.5 Å². The highest BCUT2D eigenvalue weighted by atomic mass is 32.1. The molecule has 4 aromatic heterocycles. The molecule has 3 N–H and O–H groups in total. The number of hydrogen-bond acceptors (Lipinski definition) is 8. The summed E-state index contributed by atoms with van der Waals surface area (Å²) in [6.07, 6.45) is 9.98. The third-order valence-electron chi connectivity index (χ3n) is 6.62. The molecule has 1 saturated carbocycles. The monoisotopic (exact) mass is 541 g/mol. The maximum atomic E-state index is 13.4. The van der Waals surface area contributed by atoms with E-state index in [1.165, 1.54) is 28.5 Å². The molecule has 0 aromatic carbocycles. The topological polar surface area (TPSA) is 138 Å². The van der Waals surface area contributed by atoms with E-state index in [1.807, 2.05) is 0 Å². The van der Waals surface area contributed by atoms with Crippen LogP contribution in [0.3, 0.4) is 0 Å². The van der Waals surface area contributed by atoms with Crippen molar-refractivity contribution in [2.45, 2.75) is 31.3 Å². The van der Waals surface area contributed by atoms with E-state index in [-0.39, 0.29) is 23.9 Å². The highest BCUT2D eigenvalue weighted by Gasteiger charge is 2.35. The molecule has 2 atom stereocenters. The quantitative estimate of drug-likeness (QED) is 0.293. The zero-order chi connectivity index (χ0) is 26.9. The molecule has 39 heavy (non-hydrogen) atoms. The van der Waals surface area contributed by atoms with Gasteiger partial charge in [-0.25, -0.2) is 19.7 Å². The van der Waals surface area contributed by atoms with Gasteiger partial charge in [-0.05, 0) is 55.7 Å². The SMILES string of the molecule is C=CC(=O)N[C@H]1CCC[C@H]1NC(=O)c1sc2nccc3c2c1NC(=O)N3c1ccc(Oc2cccnc2)cn1. The van der Waals surface area contributed by atoms with Crippen LogP contribution in [0.1, 0.15) is 28.9 Å². The minimum Gasteiger partial charge on any atom is -0.454 e. The summed E-state index contributed by atoms with van der Waals surface area (Å²) in [4.78, 5) is 53.8. The van der Waals surface area contributed by atoms with Crippen molar-refractivity contribution in [1.29, 1.82) is 0 Å². The summed E-state index contributed by atoms with van der Waals surface area (Å²) >= 11 is 1.20. The first-order chi connectivity index (χ1) is 19.0. The molecule has 5 heterocycles. The van der Waals surface area contributed by atoms with Gasteiger partial charge in [-0.2, -0.15) is 0 Å². The first-order valence-corrected chi connectivity index (χ1v) is 13.1. The number of pyridine rings is 3. The number of hydrogen-bond donors (Lipinski definition) is 3. The Morgan fingerprint density at radius 3 is 2.64 bits per heavy atom. The number of aromatic nitrogens is 3. The van der Waals surface area contributed by atoms with E-state index >= 15 is 0 Å². The summed E-state index contributed by atoms with van der Waals surface area (Å²) in [5.41, 5.74) is 0.984. The number of urea groups is 1. The first-order valence-electron chi connectivity index (χ1n) is 12.3. The van der Waals surface area contributed by atoms with Gasteiger partial charge in [-0.1, -0.05) is 6.58 Å². The van der Waals surface area contributed by atoms with Gasteiger partial charge in [0.25, 0.3) is 5.91 Å². The molecule has 0 spiro atoms. The van der Waals surface area contributed by atoms with Crippen molar-refractivity contribution >= 4 is 56.6 Å². The molecule has 0 radical (unpaired) electrons. The average Bonchev–Trinajstić information content (AvgIpc) is 3.54. The Labute approximate surface area is 226 Å². The van der Waals surface area contributed by atoms with E-state index in [0.717, 1.165) is 19.3 Å². The number of carbonyl (C=O) groups is 3. The van der Waals surface area contributed by atoms with Crippen molar-refractivity contribution in [3.05, 3.63) is 72.7 Å². The highest BCUT2D eigenvalue weighted by molar-refractivity contribution is 7.21. The van der Waals surface area contributed by atoms with Crippen molar-refractivity contribution in [2.24, 2.45) is 0 Å². The molecule has 0 bridgehead atoms. The van der Waals surface area contributed by atoms with Crippen LogP contribution in [0.5, 0.6) is 11.5 Å². The number of rotatable bonds is 7. The molecule has 1 aliphatic heterocycles. The Bertz CT molecular complexity index is 1590. The van der Waals surface area contributed by atoms with Gasteiger partial charge in [-0.15, -0.1) is 11.3 Å². The number of anilines is 3. The molecule has 11 nitrogen and oxygen atoms in total. The summed E-state index contributed by atoms with van der Waals surface area (Å²) in [7, 11) is 0. The largest absolute Gasteiger partial charge is 0.454 e. The normalized spacial score (nSPS) is 17.9. The smallest absolute Gasteiger partial charge is 0.332 e. The number of nitrogens with one attached hydrogen (secondary N) is 3. The molecule has 4 aromatic rings. The predicted octanol–water partition coefficient (Wildman–Crippen LogP) is 4.52. The minimum absolute atomic E-state index is 0.180. The lowest BCUT2D eigenvalue weighted by Gasteiger charge is -2.27. The first kappa shape index (κ1) is 24.5. The Balaban J connectivity index is 1.27. The van der Waals surface area contributed by atoms with Crippen LogP contribution in [-0.2, 0) is 4.79 Å². The molecule has 1 fully saturated rings. The average molecular weight is 542 g/mol. The lowest BCUT2D eigenvalue weighted by atomic mass is 10.1. The van der Waals surface area contributed by atoms with Gasteiger partial charge in [0.2, 0.25) is 5.91 Å². The maximum Gasteiger partial charge on any atom is 0.332 e. The lowest BCUT2D eigenvalue weighted by molar-refractivity contribution is -0.117. The Kier molecular flexibility index (Phi) is 6.37. The van der Waals surface area contributed by atoms with Gasteiger partial charge in [-0.3, -0.25) is 14.6 Å². The Morgan fingerprint density at radius 1 is 1.08 bits per heavy atom. The lowest BCUT2D eigenvalue weighted by Crippen LogP contribution is -2.48. The van der Waals surface area contributed by atoms with Crippen LogP contribution in [0.2, 0.25) is 0 Å². The van der Waals surface area contributed by atoms with Crippen LogP contribution in [0.4, 0.5) is 22.0 Å². The van der Waals surface area contributed by atoms with Crippen LogP contribution in [-0.4, -0.2) is 44.9 Å². The molecular formula is C27H23N7O4S. The molecule has 6 rings (SSSR count). The zero-order valence-electron chi connectivity index (χ0n) is 20.6. The van der Waals surface area contributed by atoms with Crippen molar-refractivity contribution in [1.82, 2.24) is 25.6 Å². The summed E-state index contributed by atoms with van der Waals surface area (Å²) in [5, 5.41) is 9.45. The third kappa shape index (κ3) is 4.66. The standard InChI is InChI=1S/C27H23N7O4S/c1-2-21(35)31-17-6-3-7-18(17)32-25(36)24-23-22-19(10-12-29-26(22)39-24)34(27(37)33-23)20-9-8-16(14-30-20)38-15-5-4-11-28-13-15/h2,4-5,8-14,17-18H,1,3,6-7H2,(H,31,35)(H,32,36)(H,33,37)/t17-,18+/m0/s1. The fraction of sp³-hybridized carbons (Fsp3) is 0.185. The van der Waals surface area contributed by atoms with E-state index in [4.69, 9.17) is 4.74 Å². The Hall–Kier alpha value is -4.84. The van der Waals surface area contributed by atoms with Crippen LogP contribution in [0, 0.1) is 0 Å². The number of amides is 4. The van der Waals surface area contributed by atoms with E-state index in [2.05, 4.69) is 37.5 Å². The summed E-state index contributed by atoms with van der Waals surface area (Å²) in [6.45, 7) is 3.49. The van der Waals surface area contributed by atoms with Crippen LogP contribution in [0.25, 0.3) is 10.2 Å². The zero-order valence-corrected chi connectivity index (χ0v) is 21.4. The number of ether oxygens (including phenoxy) is 1. The van der Waals surface area contributed by atoms with Crippen LogP contribution >= 0.6 is 11.3 Å². The maximum absolute atomic E-state index is 13.4. The van der Waals surface area contributed by atoms with E-state index in [9.17, 15) is 14.4 Å². The molecular weight excluding hydrogens is 518 g/mol. The molecule has 0 unspecified atom stereocenters. The predicted molar refractivity (Wildman–Crippen MR) is 147 cm³/mol. The summed E-state index contributed by atoms with van der Waals surface area (Å²) in [6, 6.07) is 7.81. The fourth-order valence-corrected chi connectivity index (χ4v) is 5.88.